The second-order valence-corrected chi connectivity index (χ2v) is 8.78. The number of nitrogens with zero attached hydrogens (tertiary/aromatic N) is 1. The number of ketones is 1. The molecule has 4 aliphatic rings. The SMILES string of the molecule is C=CCC[N+]1(C)CC[C@]23c4c5ccc(O)c4O[C@H]2C(=O)CC[C@@]3(O)[C@H]1C5.[Br-]. The summed E-state index contributed by atoms with van der Waals surface area (Å²) in [6, 6.07) is 3.65. The van der Waals surface area contributed by atoms with E-state index in [2.05, 4.69) is 13.6 Å². The van der Waals surface area contributed by atoms with Crippen molar-refractivity contribution < 1.29 is 41.2 Å². The van der Waals surface area contributed by atoms with Crippen LogP contribution in [0.15, 0.2) is 24.8 Å². The Morgan fingerprint density at radius 3 is 2.93 bits per heavy atom. The van der Waals surface area contributed by atoms with Gasteiger partial charge in [0.1, 0.15) is 11.6 Å². The number of carbonyl (C=O) groups is 1. The lowest BCUT2D eigenvalue weighted by molar-refractivity contribution is -0.948. The van der Waals surface area contributed by atoms with Gasteiger partial charge in [-0.3, -0.25) is 4.79 Å². The molecule has 2 aliphatic carbocycles. The molecular weight excluding hydrogens is 410 g/mol. The first-order chi connectivity index (χ1) is 12.4. The summed E-state index contributed by atoms with van der Waals surface area (Å²) in [6.45, 7) is 5.69. The van der Waals surface area contributed by atoms with Crippen LogP contribution < -0.4 is 21.7 Å². The van der Waals surface area contributed by atoms with E-state index >= 15 is 0 Å². The highest BCUT2D eigenvalue weighted by atomic mass is 79.9. The van der Waals surface area contributed by atoms with Crippen molar-refractivity contribution >= 4 is 5.78 Å². The zero-order chi connectivity index (χ0) is 18.3. The van der Waals surface area contributed by atoms with Gasteiger partial charge in [-0.25, -0.2) is 0 Å². The number of ether oxygens (including phenoxy) is 1. The molecule has 5 atom stereocenters. The van der Waals surface area contributed by atoms with Gasteiger partial charge in [-0.1, -0.05) is 12.1 Å². The summed E-state index contributed by atoms with van der Waals surface area (Å²) >= 11 is 0. The number of hydrogen-bond donors (Lipinski definition) is 2. The topological polar surface area (TPSA) is 66.8 Å². The van der Waals surface area contributed by atoms with Gasteiger partial charge in [-0.15, -0.1) is 6.58 Å². The molecule has 0 amide bonds. The van der Waals surface area contributed by atoms with Crippen LogP contribution in [0, 0.1) is 0 Å². The van der Waals surface area contributed by atoms with Gasteiger partial charge in [0.05, 0.1) is 25.6 Å². The molecule has 27 heavy (non-hydrogen) atoms. The fourth-order valence-corrected chi connectivity index (χ4v) is 6.48. The van der Waals surface area contributed by atoms with Gasteiger partial charge in [0.2, 0.25) is 0 Å². The Hall–Kier alpha value is -1.37. The lowest BCUT2D eigenvalue weighted by atomic mass is 9.48. The van der Waals surface area contributed by atoms with E-state index in [1.165, 1.54) is 0 Å². The average molecular weight is 436 g/mol. The summed E-state index contributed by atoms with van der Waals surface area (Å²) in [5.41, 5.74) is 0.337. The van der Waals surface area contributed by atoms with Crippen molar-refractivity contribution in [3.63, 3.8) is 0 Å². The Kier molecular flexibility index (Phi) is 4.09. The number of halogens is 1. The number of hydrogen-bond acceptors (Lipinski definition) is 4. The van der Waals surface area contributed by atoms with Crippen LogP contribution in [0.3, 0.4) is 0 Å². The molecule has 146 valence electrons. The molecule has 1 saturated heterocycles. The number of carbonyl (C=O) groups excluding carboxylic acids is 1. The molecule has 2 N–H and O–H groups in total. The van der Waals surface area contributed by atoms with Gasteiger partial charge >= 0.3 is 0 Å². The Balaban J connectivity index is 0.00000180. The van der Waals surface area contributed by atoms with E-state index in [9.17, 15) is 15.0 Å². The van der Waals surface area contributed by atoms with E-state index in [-0.39, 0.29) is 34.6 Å². The maximum absolute atomic E-state index is 12.8. The summed E-state index contributed by atoms with van der Waals surface area (Å²) in [5.74, 6) is 0.566. The first kappa shape index (κ1) is 19.0. The van der Waals surface area contributed by atoms with E-state index in [0.29, 0.717) is 25.0 Å². The highest BCUT2D eigenvalue weighted by molar-refractivity contribution is 5.90. The Morgan fingerprint density at radius 2 is 2.19 bits per heavy atom. The number of rotatable bonds is 3. The number of likely N-dealkylation sites (tertiary alicyclic amines) is 1. The normalized spacial score (nSPS) is 40.6. The molecule has 2 bridgehead atoms. The molecule has 1 saturated carbocycles. The minimum Gasteiger partial charge on any atom is -1.00 e. The molecule has 2 aliphatic heterocycles. The van der Waals surface area contributed by atoms with Crippen LogP contribution in [0.25, 0.3) is 0 Å². The van der Waals surface area contributed by atoms with E-state index < -0.39 is 17.1 Å². The van der Waals surface area contributed by atoms with E-state index in [1.807, 2.05) is 12.1 Å². The molecule has 6 heteroatoms. The van der Waals surface area contributed by atoms with Gasteiger partial charge in [0, 0.05) is 31.2 Å². The Labute approximate surface area is 170 Å². The predicted molar refractivity (Wildman–Crippen MR) is 96.2 cm³/mol. The molecule has 2 fully saturated rings. The van der Waals surface area contributed by atoms with Gasteiger partial charge in [0.15, 0.2) is 23.4 Å². The van der Waals surface area contributed by atoms with Gasteiger partial charge in [0.25, 0.3) is 0 Å². The number of quaternary nitrogens is 1. The predicted octanol–water partition coefficient (Wildman–Crippen LogP) is -1.16. The summed E-state index contributed by atoms with van der Waals surface area (Å²) in [6.07, 6.45) is 4.45. The van der Waals surface area contributed by atoms with Crippen molar-refractivity contribution in [1.82, 2.24) is 0 Å². The summed E-state index contributed by atoms with van der Waals surface area (Å²) in [4.78, 5) is 12.8. The van der Waals surface area contributed by atoms with Crippen LogP contribution >= 0.6 is 0 Å². The number of aliphatic hydroxyl groups is 1. The molecule has 2 heterocycles. The molecule has 0 radical (unpaired) electrons. The van der Waals surface area contributed by atoms with Crippen molar-refractivity contribution in [2.75, 3.05) is 20.1 Å². The van der Waals surface area contributed by atoms with Crippen LogP contribution in [0.2, 0.25) is 0 Å². The fourth-order valence-electron chi connectivity index (χ4n) is 6.48. The summed E-state index contributed by atoms with van der Waals surface area (Å²) < 4.78 is 6.85. The minimum atomic E-state index is -0.980. The van der Waals surface area contributed by atoms with E-state index in [0.717, 1.165) is 41.5 Å². The average Bonchev–Trinajstić information content (AvgIpc) is 2.98. The fraction of sp³-hybridized carbons (Fsp3) is 0.571. The molecule has 1 aromatic rings. The van der Waals surface area contributed by atoms with Gasteiger partial charge in [-0.2, -0.15) is 0 Å². The molecule has 1 unspecified atom stereocenters. The van der Waals surface area contributed by atoms with Crippen molar-refractivity contribution in [1.29, 1.82) is 0 Å². The first-order valence-electron chi connectivity index (χ1n) is 9.59. The van der Waals surface area contributed by atoms with Crippen LogP contribution in [0.1, 0.15) is 36.8 Å². The van der Waals surface area contributed by atoms with Crippen LogP contribution in [0.4, 0.5) is 0 Å². The lowest BCUT2D eigenvalue weighted by Gasteiger charge is -2.64. The zero-order valence-electron chi connectivity index (χ0n) is 15.6. The number of Topliss-reactive ketones (excluding diaryl/α,β-unsaturated/α-hetero) is 1. The van der Waals surface area contributed by atoms with Gasteiger partial charge in [-0.05, 0) is 18.1 Å². The van der Waals surface area contributed by atoms with Crippen molar-refractivity contribution in [3.8, 4) is 11.5 Å². The third-order valence-corrected chi connectivity index (χ3v) is 7.75. The second kappa shape index (κ2) is 5.82. The van der Waals surface area contributed by atoms with Crippen molar-refractivity contribution in [3.05, 3.63) is 35.9 Å². The van der Waals surface area contributed by atoms with E-state index in [4.69, 9.17) is 4.74 Å². The Bertz CT molecular complexity index is 842. The van der Waals surface area contributed by atoms with Crippen molar-refractivity contribution in [2.45, 2.75) is 55.3 Å². The monoisotopic (exact) mass is 435 g/mol. The molecule has 1 aromatic carbocycles. The first-order valence-corrected chi connectivity index (χ1v) is 9.59. The molecule has 5 nitrogen and oxygen atoms in total. The number of benzene rings is 1. The number of likely N-dealkylation sites (N-methyl/N-ethyl adjacent to an activating group) is 1. The smallest absolute Gasteiger partial charge is 0.174 e. The molecular formula is C21H26BrNO4. The third kappa shape index (κ3) is 2.04. The second-order valence-electron chi connectivity index (χ2n) is 8.78. The quantitative estimate of drug-likeness (QED) is 0.464. The minimum absolute atomic E-state index is 0. The zero-order valence-corrected chi connectivity index (χ0v) is 17.2. The maximum atomic E-state index is 12.8. The molecule has 5 rings (SSSR count). The standard InChI is InChI=1S/C21H25NO4.BrH/c1-3-4-10-22(2)11-9-20-17-13-5-6-14(23)18(17)26-19(20)15(24)7-8-21(20,25)16(22)12-13;/h3,5-6,16,19,25H,1,4,7-12H2,2H3;1H/t16-,19+,20+,21-,22?;/m1./s1. The van der Waals surface area contributed by atoms with Crippen LogP contribution in [0.5, 0.6) is 11.5 Å². The number of phenols is 1. The molecule has 0 aromatic heterocycles. The van der Waals surface area contributed by atoms with Crippen LogP contribution in [-0.4, -0.2) is 58.4 Å². The highest BCUT2D eigenvalue weighted by Gasteiger charge is 2.76. The number of piperidine rings is 1. The highest BCUT2D eigenvalue weighted by Crippen LogP contribution is 2.65. The van der Waals surface area contributed by atoms with Gasteiger partial charge < -0.3 is 36.4 Å². The summed E-state index contributed by atoms with van der Waals surface area (Å²) in [7, 11) is 2.23. The number of phenolic OH excluding ortho intramolecular Hbond substituents is 1. The maximum Gasteiger partial charge on any atom is 0.174 e. The van der Waals surface area contributed by atoms with Crippen molar-refractivity contribution in [2.24, 2.45) is 0 Å². The third-order valence-electron chi connectivity index (χ3n) is 7.75. The molecule has 1 spiro atoms. The van der Waals surface area contributed by atoms with Crippen LogP contribution in [-0.2, 0) is 16.6 Å². The van der Waals surface area contributed by atoms with E-state index in [1.54, 1.807) is 6.07 Å². The largest absolute Gasteiger partial charge is 1.00 e. The number of aromatic hydroxyl groups is 1. The summed E-state index contributed by atoms with van der Waals surface area (Å²) in [5, 5.41) is 22.5. The lowest BCUT2D eigenvalue weighted by Crippen LogP contribution is -3.00. The Morgan fingerprint density at radius 1 is 1.41 bits per heavy atom.